The molecule has 28 heavy (non-hydrogen) atoms. The molecule has 0 aliphatic carbocycles. The Morgan fingerprint density at radius 1 is 0.929 bits per heavy atom. The Labute approximate surface area is 172 Å². The van der Waals surface area contributed by atoms with Gasteiger partial charge in [-0.15, -0.1) is 0 Å². The van der Waals surface area contributed by atoms with Crippen LogP contribution >= 0.6 is 11.8 Å². The third kappa shape index (κ3) is 3.70. The average molecular weight is 400 g/mol. The van der Waals surface area contributed by atoms with Gasteiger partial charge in [0.1, 0.15) is 17.5 Å². The largest absolute Gasteiger partial charge is 0.508 e. The van der Waals surface area contributed by atoms with Gasteiger partial charge < -0.3 is 15.5 Å². The van der Waals surface area contributed by atoms with E-state index >= 15 is 0 Å². The number of benzene rings is 2. The molecule has 4 rings (SSSR count). The Bertz CT molecular complexity index is 826. The molecule has 0 bridgehead atoms. The fraction of sp³-hybridized carbons (Fsp3) is 0.478. The third-order valence-corrected chi connectivity index (χ3v) is 7.65. The van der Waals surface area contributed by atoms with Crippen molar-refractivity contribution in [1.29, 1.82) is 0 Å². The molecule has 4 nitrogen and oxygen atoms in total. The Kier molecular flexibility index (Phi) is 5.48. The minimum atomic E-state index is 0.124. The number of hydrogen-bond acceptors (Lipinski definition) is 4. The van der Waals surface area contributed by atoms with Gasteiger partial charge in [-0.3, -0.25) is 4.48 Å². The fourth-order valence-electron chi connectivity index (χ4n) is 5.02. The second-order valence-corrected chi connectivity index (χ2v) is 9.54. The molecule has 2 atom stereocenters. The normalized spacial score (nSPS) is 24.2. The lowest BCUT2D eigenvalue weighted by molar-refractivity contribution is -0.955. The lowest BCUT2D eigenvalue weighted by Crippen LogP contribution is -2.56. The Hall–Kier alpha value is -1.85. The Morgan fingerprint density at radius 2 is 1.61 bits per heavy atom. The van der Waals surface area contributed by atoms with E-state index in [2.05, 4.69) is 37.4 Å². The molecule has 0 aromatic heterocycles. The zero-order valence-electron chi connectivity index (χ0n) is 16.8. The van der Waals surface area contributed by atoms with Crippen LogP contribution in [0.5, 0.6) is 11.5 Å². The summed E-state index contributed by atoms with van der Waals surface area (Å²) in [5.41, 5.74) is 4.99. The van der Waals surface area contributed by atoms with Crippen molar-refractivity contribution >= 4 is 17.4 Å². The van der Waals surface area contributed by atoms with Crippen LogP contribution in [0, 0.1) is 13.8 Å². The number of rotatable bonds is 3. The third-order valence-electron chi connectivity index (χ3n) is 6.28. The topological polar surface area (TPSA) is 52.5 Å². The molecule has 0 radical (unpaired) electrons. The van der Waals surface area contributed by atoms with Crippen molar-refractivity contribution in [3.63, 3.8) is 0 Å². The predicted molar refractivity (Wildman–Crippen MR) is 117 cm³/mol. The van der Waals surface area contributed by atoms with Crippen LogP contribution < -0.4 is 5.32 Å². The number of thioether (sulfide) groups is 1. The summed E-state index contributed by atoms with van der Waals surface area (Å²) in [6, 6.07) is 12.0. The zero-order chi connectivity index (χ0) is 19.7. The molecule has 2 unspecified atom stereocenters. The van der Waals surface area contributed by atoms with Crippen molar-refractivity contribution < 1.29 is 14.7 Å². The van der Waals surface area contributed by atoms with Gasteiger partial charge in [0.25, 0.3) is 0 Å². The van der Waals surface area contributed by atoms with E-state index in [1.165, 1.54) is 48.6 Å². The van der Waals surface area contributed by atoms with Crippen LogP contribution in [-0.4, -0.2) is 39.0 Å². The van der Waals surface area contributed by atoms with E-state index in [-0.39, 0.29) is 23.0 Å². The second kappa shape index (κ2) is 7.88. The number of phenols is 2. The monoisotopic (exact) mass is 399 g/mol. The van der Waals surface area contributed by atoms with Crippen LogP contribution in [0.3, 0.4) is 0 Å². The van der Waals surface area contributed by atoms with Crippen molar-refractivity contribution in [3.8, 4) is 11.5 Å². The van der Waals surface area contributed by atoms with Gasteiger partial charge in [-0.1, -0.05) is 17.8 Å². The van der Waals surface area contributed by atoms with Gasteiger partial charge in [-0.05, 0) is 74.9 Å². The maximum Gasteiger partial charge on any atom is 0.211 e. The fourth-order valence-corrected chi connectivity index (χ4v) is 6.73. The minimum absolute atomic E-state index is 0.124. The summed E-state index contributed by atoms with van der Waals surface area (Å²) in [7, 11) is 0. The van der Waals surface area contributed by atoms with E-state index in [0.717, 1.165) is 28.9 Å². The summed E-state index contributed by atoms with van der Waals surface area (Å²) in [4.78, 5) is 0. The van der Waals surface area contributed by atoms with Crippen LogP contribution in [0.2, 0.25) is 0 Å². The standard InChI is InChI=1S/C23H30N2O2S/c1-16-11-17(2)13-18(12-16)24-23-25(9-5-3-4-6-10-25)21(15-28-23)20-8-7-19(26)14-22(20)27/h7-8,11-14,21,23-24H,3-6,9-10,15H2,1-2H3,(H-,26,27)/p+1. The van der Waals surface area contributed by atoms with E-state index in [1.54, 1.807) is 6.07 Å². The maximum atomic E-state index is 10.6. The summed E-state index contributed by atoms with van der Waals surface area (Å²) in [6.45, 7) is 6.54. The maximum absolute atomic E-state index is 10.6. The molecule has 2 saturated heterocycles. The molecule has 150 valence electrons. The first-order valence-corrected chi connectivity index (χ1v) is 11.4. The van der Waals surface area contributed by atoms with Crippen LogP contribution in [0.4, 0.5) is 5.69 Å². The van der Waals surface area contributed by atoms with Gasteiger partial charge in [-0.2, -0.15) is 0 Å². The summed E-state index contributed by atoms with van der Waals surface area (Å²) in [6.07, 6.45) is 5.02. The van der Waals surface area contributed by atoms with E-state index in [4.69, 9.17) is 0 Å². The molecule has 1 spiro atoms. The van der Waals surface area contributed by atoms with Gasteiger partial charge in [0.2, 0.25) is 5.50 Å². The number of hydrogen-bond donors (Lipinski definition) is 3. The molecular formula is C23H31N2O2S+. The highest BCUT2D eigenvalue weighted by atomic mass is 32.2. The van der Waals surface area contributed by atoms with Gasteiger partial charge in [0, 0.05) is 11.8 Å². The van der Waals surface area contributed by atoms with Crippen LogP contribution in [0.25, 0.3) is 0 Å². The summed E-state index contributed by atoms with van der Waals surface area (Å²) < 4.78 is 0.968. The number of nitrogens with one attached hydrogen (secondary N) is 1. The number of phenolic OH excluding ortho intramolecular Hbond substituents is 2. The SMILES string of the molecule is Cc1cc(C)cc(NC2SCC(c3ccc(O)cc3O)[N+]23CCCCCC3)c1. The first kappa shape index (κ1) is 19.5. The number of anilines is 1. The number of quaternary nitrogens is 1. The highest BCUT2D eigenvalue weighted by Gasteiger charge is 2.51. The molecule has 2 aliphatic heterocycles. The molecular weight excluding hydrogens is 368 g/mol. The Balaban J connectivity index is 1.70. The quantitative estimate of drug-likeness (QED) is 0.614. The van der Waals surface area contributed by atoms with Crippen LogP contribution in [-0.2, 0) is 0 Å². The smallest absolute Gasteiger partial charge is 0.211 e. The molecule has 0 saturated carbocycles. The lowest BCUT2D eigenvalue weighted by atomic mass is 10.0. The molecule has 2 aromatic carbocycles. The average Bonchev–Trinajstić information content (AvgIpc) is 2.79. The van der Waals surface area contributed by atoms with E-state index in [1.807, 2.05) is 17.8 Å². The minimum Gasteiger partial charge on any atom is -0.508 e. The molecule has 2 aromatic rings. The van der Waals surface area contributed by atoms with E-state index in [0.29, 0.717) is 0 Å². The molecule has 2 aliphatic rings. The molecule has 5 heteroatoms. The van der Waals surface area contributed by atoms with Gasteiger partial charge >= 0.3 is 0 Å². The van der Waals surface area contributed by atoms with Crippen molar-refractivity contribution in [2.45, 2.75) is 51.1 Å². The summed E-state index contributed by atoms with van der Waals surface area (Å²) in [5, 5.41) is 24.2. The van der Waals surface area contributed by atoms with Gasteiger partial charge in [0.05, 0.1) is 24.4 Å². The first-order valence-electron chi connectivity index (χ1n) is 10.3. The van der Waals surface area contributed by atoms with Crippen molar-refractivity contribution in [1.82, 2.24) is 0 Å². The van der Waals surface area contributed by atoms with Gasteiger partial charge in [-0.25, -0.2) is 0 Å². The predicted octanol–water partition coefficient (Wildman–Crippen LogP) is 5.29. The van der Waals surface area contributed by atoms with E-state index in [9.17, 15) is 10.2 Å². The Morgan fingerprint density at radius 3 is 2.25 bits per heavy atom. The number of aryl methyl sites for hydroxylation is 2. The van der Waals surface area contributed by atoms with Crippen molar-refractivity contribution in [2.24, 2.45) is 0 Å². The lowest BCUT2D eigenvalue weighted by Gasteiger charge is -2.43. The number of nitrogens with zero attached hydrogens (tertiary/aromatic N) is 1. The highest BCUT2D eigenvalue weighted by Crippen LogP contribution is 2.49. The zero-order valence-corrected chi connectivity index (χ0v) is 17.6. The van der Waals surface area contributed by atoms with Crippen LogP contribution in [0.1, 0.15) is 48.4 Å². The molecule has 2 heterocycles. The highest BCUT2D eigenvalue weighted by molar-refractivity contribution is 8.00. The molecule has 3 N–H and O–H groups in total. The van der Waals surface area contributed by atoms with E-state index < -0.39 is 0 Å². The molecule has 2 fully saturated rings. The molecule has 0 amide bonds. The summed E-state index contributed by atoms with van der Waals surface area (Å²) >= 11 is 1.97. The van der Waals surface area contributed by atoms with Crippen molar-refractivity contribution in [3.05, 3.63) is 53.1 Å². The number of aromatic hydroxyl groups is 2. The van der Waals surface area contributed by atoms with Gasteiger partial charge in [0.15, 0.2) is 0 Å². The second-order valence-electron chi connectivity index (χ2n) is 8.43. The summed E-state index contributed by atoms with van der Waals surface area (Å²) in [5.74, 6) is 1.32. The van der Waals surface area contributed by atoms with Crippen LogP contribution in [0.15, 0.2) is 36.4 Å². The van der Waals surface area contributed by atoms with Crippen molar-refractivity contribution in [2.75, 3.05) is 24.2 Å². The first-order chi connectivity index (χ1) is 13.5.